The number of hydrogen-bond acceptors (Lipinski definition) is 2. The van der Waals surface area contributed by atoms with Crippen LogP contribution in [0.15, 0.2) is 24.3 Å². The van der Waals surface area contributed by atoms with Crippen molar-refractivity contribution in [1.82, 2.24) is 0 Å². The van der Waals surface area contributed by atoms with Gasteiger partial charge in [-0.05, 0) is 30.4 Å². The molecule has 0 spiro atoms. The first-order valence-corrected chi connectivity index (χ1v) is 6.09. The van der Waals surface area contributed by atoms with Crippen molar-refractivity contribution in [1.29, 1.82) is 0 Å². The first kappa shape index (κ1) is 12.1. The molecule has 0 aliphatic heterocycles. The van der Waals surface area contributed by atoms with E-state index in [1.807, 2.05) is 25.1 Å². The van der Waals surface area contributed by atoms with Crippen LogP contribution < -0.4 is 0 Å². The quantitative estimate of drug-likeness (QED) is 0.841. The summed E-state index contributed by atoms with van der Waals surface area (Å²) in [5.41, 5.74) is 1.23. The molecular weight excluding hydrogens is 216 g/mol. The van der Waals surface area contributed by atoms with Gasteiger partial charge in [0.25, 0.3) is 0 Å². The van der Waals surface area contributed by atoms with E-state index >= 15 is 0 Å². The van der Waals surface area contributed by atoms with Crippen LogP contribution >= 0.6 is 0 Å². The normalized spacial score (nSPS) is 25.1. The smallest absolute Gasteiger partial charge is 0.309 e. The zero-order valence-corrected chi connectivity index (χ0v) is 10.0. The number of carboxylic acid groups (broad SMARTS) is 1. The maximum absolute atomic E-state index is 11.2. The fraction of sp³-hybridized carbons (Fsp3) is 0.500. The molecule has 0 radical (unpaired) electrons. The van der Waals surface area contributed by atoms with Gasteiger partial charge < -0.3 is 10.2 Å². The fourth-order valence-electron chi connectivity index (χ4n) is 2.83. The summed E-state index contributed by atoms with van der Waals surface area (Å²) in [5, 5.41) is 19.7. The third-order valence-corrected chi connectivity index (χ3v) is 3.80. The molecule has 0 amide bonds. The monoisotopic (exact) mass is 234 g/mol. The van der Waals surface area contributed by atoms with E-state index in [1.54, 1.807) is 0 Å². The van der Waals surface area contributed by atoms with Crippen molar-refractivity contribution in [3.8, 4) is 0 Å². The summed E-state index contributed by atoms with van der Waals surface area (Å²) >= 11 is 0. The Hall–Kier alpha value is -1.35. The minimum atomic E-state index is -1.09. The molecule has 0 saturated carbocycles. The molecule has 3 heteroatoms. The highest BCUT2D eigenvalue weighted by Gasteiger charge is 2.42. The van der Waals surface area contributed by atoms with E-state index in [4.69, 9.17) is 0 Å². The van der Waals surface area contributed by atoms with Gasteiger partial charge in [0.1, 0.15) is 0 Å². The van der Waals surface area contributed by atoms with Crippen LogP contribution in [0.5, 0.6) is 0 Å². The van der Waals surface area contributed by atoms with E-state index < -0.39 is 17.5 Å². The summed E-state index contributed by atoms with van der Waals surface area (Å²) in [5.74, 6) is -1.56. The Labute approximate surface area is 101 Å². The lowest BCUT2D eigenvalue weighted by Crippen LogP contribution is -2.46. The molecule has 0 fully saturated rings. The predicted octanol–water partition coefficient (Wildman–Crippen LogP) is 2.02. The Morgan fingerprint density at radius 2 is 2.06 bits per heavy atom. The Kier molecular flexibility index (Phi) is 3.20. The maximum atomic E-state index is 11.2. The van der Waals surface area contributed by atoms with E-state index in [1.165, 1.54) is 5.56 Å². The number of rotatable bonds is 3. The van der Waals surface area contributed by atoms with Crippen molar-refractivity contribution in [3.05, 3.63) is 35.4 Å². The average Bonchev–Trinajstić information content (AvgIpc) is 2.28. The van der Waals surface area contributed by atoms with Gasteiger partial charge in [-0.1, -0.05) is 31.2 Å². The molecule has 0 saturated heterocycles. The average molecular weight is 234 g/mol. The Morgan fingerprint density at radius 1 is 1.41 bits per heavy atom. The van der Waals surface area contributed by atoms with Crippen LogP contribution in [0.4, 0.5) is 0 Å². The maximum Gasteiger partial charge on any atom is 0.309 e. The van der Waals surface area contributed by atoms with Gasteiger partial charge in [-0.25, -0.2) is 0 Å². The van der Waals surface area contributed by atoms with E-state index in [0.29, 0.717) is 19.3 Å². The van der Waals surface area contributed by atoms with Crippen LogP contribution in [0.3, 0.4) is 0 Å². The molecule has 17 heavy (non-hydrogen) atoms. The van der Waals surface area contributed by atoms with Crippen LogP contribution in [-0.2, 0) is 17.6 Å². The standard InChI is InChI=1S/C14H18O3/c1-2-12(13(15)16)14(17)8-7-10-5-3-4-6-11(10)9-14/h3-6,12,17H,2,7-9H2,1H3,(H,15,16). The zero-order chi connectivity index (χ0) is 12.5. The summed E-state index contributed by atoms with van der Waals surface area (Å²) in [4.78, 5) is 11.2. The van der Waals surface area contributed by atoms with Crippen LogP contribution in [-0.4, -0.2) is 21.8 Å². The number of aliphatic hydroxyl groups is 1. The second kappa shape index (κ2) is 4.49. The van der Waals surface area contributed by atoms with Gasteiger partial charge in [0, 0.05) is 6.42 Å². The van der Waals surface area contributed by atoms with Gasteiger partial charge in [-0.3, -0.25) is 4.79 Å². The number of carbonyl (C=O) groups is 1. The third-order valence-electron chi connectivity index (χ3n) is 3.80. The second-order valence-electron chi connectivity index (χ2n) is 4.85. The van der Waals surface area contributed by atoms with Crippen LogP contribution in [0.2, 0.25) is 0 Å². The zero-order valence-electron chi connectivity index (χ0n) is 10.0. The molecule has 1 aliphatic rings. The van der Waals surface area contributed by atoms with E-state index in [0.717, 1.165) is 12.0 Å². The lowest BCUT2D eigenvalue weighted by Gasteiger charge is -2.37. The number of carboxylic acids is 1. The summed E-state index contributed by atoms with van der Waals surface area (Å²) in [6.07, 6.45) is 2.22. The summed E-state index contributed by atoms with van der Waals surface area (Å²) in [6, 6.07) is 7.95. The first-order chi connectivity index (χ1) is 8.07. The molecule has 1 aliphatic carbocycles. The second-order valence-corrected chi connectivity index (χ2v) is 4.85. The van der Waals surface area contributed by atoms with Crippen molar-refractivity contribution in [2.45, 2.75) is 38.2 Å². The van der Waals surface area contributed by atoms with E-state index in [9.17, 15) is 15.0 Å². The Morgan fingerprint density at radius 3 is 2.65 bits per heavy atom. The van der Waals surface area contributed by atoms with Gasteiger partial charge in [0.05, 0.1) is 11.5 Å². The summed E-state index contributed by atoms with van der Waals surface area (Å²) < 4.78 is 0. The number of aryl methyl sites for hydroxylation is 1. The van der Waals surface area contributed by atoms with Gasteiger partial charge in [0.2, 0.25) is 0 Å². The third kappa shape index (κ3) is 2.20. The van der Waals surface area contributed by atoms with Gasteiger partial charge >= 0.3 is 5.97 Å². The molecule has 3 nitrogen and oxygen atoms in total. The molecule has 0 aromatic heterocycles. The SMILES string of the molecule is CCC(C(=O)O)C1(O)CCc2ccccc2C1. The highest BCUT2D eigenvalue weighted by atomic mass is 16.4. The number of aliphatic carboxylic acids is 1. The minimum absolute atomic E-state index is 0.452. The van der Waals surface area contributed by atoms with Crippen LogP contribution in [0.25, 0.3) is 0 Å². The van der Waals surface area contributed by atoms with Crippen LogP contribution in [0, 0.1) is 5.92 Å². The first-order valence-electron chi connectivity index (χ1n) is 6.09. The number of fused-ring (bicyclic) bond motifs is 1. The van der Waals surface area contributed by atoms with Crippen molar-refractivity contribution in [2.24, 2.45) is 5.92 Å². The molecule has 1 aromatic rings. The van der Waals surface area contributed by atoms with Gasteiger partial charge in [-0.2, -0.15) is 0 Å². The predicted molar refractivity (Wildman–Crippen MR) is 64.8 cm³/mol. The van der Waals surface area contributed by atoms with Gasteiger partial charge in [0.15, 0.2) is 0 Å². The molecule has 2 rings (SSSR count). The molecule has 2 atom stereocenters. The Bertz CT molecular complexity index is 427. The largest absolute Gasteiger partial charge is 0.481 e. The number of benzene rings is 1. The molecule has 1 aromatic carbocycles. The van der Waals surface area contributed by atoms with E-state index in [-0.39, 0.29) is 0 Å². The molecule has 2 unspecified atom stereocenters. The molecule has 2 N–H and O–H groups in total. The lowest BCUT2D eigenvalue weighted by molar-refractivity contribution is -0.153. The molecular formula is C14H18O3. The van der Waals surface area contributed by atoms with Crippen molar-refractivity contribution in [3.63, 3.8) is 0 Å². The minimum Gasteiger partial charge on any atom is -0.481 e. The summed E-state index contributed by atoms with van der Waals surface area (Å²) in [7, 11) is 0. The highest BCUT2D eigenvalue weighted by Crippen LogP contribution is 2.35. The molecule has 0 bridgehead atoms. The van der Waals surface area contributed by atoms with Gasteiger partial charge in [-0.15, -0.1) is 0 Å². The number of hydrogen-bond donors (Lipinski definition) is 2. The summed E-state index contributed by atoms with van der Waals surface area (Å²) in [6.45, 7) is 1.82. The molecule has 0 heterocycles. The van der Waals surface area contributed by atoms with Crippen molar-refractivity contribution < 1.29 is 15.0 Å². The highest BCUT2D eigenvalue weighted by molar-refractivity contribution is 5.71. The van der Waals surface area contributed by atoms with Crippen molar-refractivity contribution >= 4 is 5.97 Å². The Balaban J connectivity index is 2.28. The van der Waals surface area contributed by atoms with Crippen LogP contribution in [0.1, 0.15) is 30.9 Å². The van der Waals surface area contributed by atoms with Crippen molar-refractivity contribution in [2.75, 3.05) is 0 Å². The molecule has 92 valence electrons. The topological polar surface area (TPSA) is 57.5 Å². The lowest BCUT2D eigenvalue weighted by atomic mass is 9.72. The fourth-order valence-corrected chi connectivity index (χ4v) is 2.83. The van der Waals surface area contributed by atoms with E-state index in [2.05, 4.69) is 6.07 Å².